The summed E-state index contributed by atoms with van der Waals surface area (Å²) in [7, 11) is 12.7. The Labute approximate surface area is 777 Å². The molecule has 0 saturated heterocycles. The number of carbonyl (C=O) groups is 8. The summed E-state index contributed by atoms with van der Waals surface area (Å²) in [4.78, 5) is 89.5. The predicted molar refractivity (Wildman–Crippen MR) is 552 cm³/mol. The van der Waals surface area contributed by atoms with E-state index in [1.54, 1.807) is 27.7 Å². The Bertz CT molecular complexity index is 2770. The number of hydrogen-bond donors (Lipinski definition) is 0. The minimum absolute atomic E-state index is 0.0680. The number of unbranched alkanes of at least 4 members (excludes halogenated alkanes) is 2. The Morgan fingerprint density at radius 1 is 0.217 bits per heavy atom. The highest BCUT2D eigenvalue weighted by Crippen LogP contribution is 2.21. The minimum atomic E-state index is 0.0680. The Morgan fingerprint density at radius 2 is 0.367 bits per heavy atom. The normalized spacial score (nSPS) is 12.2. The maximum atomic E-state index is 11.5. The monoisotopic (exact) mass is 1840 g/mol. The van der Waals surface area contributed by atoms with Crippen molar-refractivity contribution in [2.24, 2.45) is 0 Å². The summed E-state index contributed by atoms with van der Waals surface area (Å²) in [5.74, 6) is 7.22. The lowest BCUT2D eigenvalue weighted by Gasteiger charge is -2.37. The summed E-state index contributed by atoms with van der Waals surface area (Å²) in [5.41, 5.74) is 2.62. The lowest BCUT2D eigenvalue weighted by molar-refractivity contribution is -0.924. The molecule has 704 valence electrons. The molecule has 0 aromatic carbocycles. The van der Waals surface area contributed by atoms with Gasteiger partial charge in [0.15, 0.2) is 0 Å². The van der Waals surface area contributed by atoms with Crippen LogP contribution in [0.1, 0.15) is 217 Å². The first kappa shape index (κ1) is 133. The molecule has 120 heavy (non-hydrogen) atoms. The zero-order chi connectivity index (χ0) is 94.5. The van der Waals surface area contributed by atoms with Crippen LogP contribution < -0.4 is 0 Å². The van der Waals surface area contributed by atoms with E-state index in [9.17, 15) is 38.4 Å². The van der Waals surface area contributed by atoms with Gasteiger partial charge in [-0.3, -0.25) is 38.4 Å². The fourth-order valence-electron chi connectivity index (χ4n) is 12.9. The van der Waals surface area contributed by atoms with Crippen LogP contribution in [0.3, 0.4) is 0 Å². The standard InChI is InChI=1S/C15H30NOS.2C14H28NOS.C13H26NOS.C12H24NOS.C11H22NOS.C9H18NOS.C8H16NOS/c1-6-9-11-16(8-3,10-7-2)12-13-18-15(17)14(4)5;1-6-9-15(8-3,10-7-2)11-12-17-14(16)13(4)5;1-5-9-11-15(8-4,10-6-2)12-13-17-14(16)7-3;1-5-9-14(8-4,10-6-2)11-12-16-13(15)7-3;1-6-13(7-2,8-3)9-10-15-12(14)11(4)5;1-5-11(13)14-10-9-12(6-2,7-3)8-4;1-8(2)9(11)12-7-6-10(3,4)5;1-5-8(10)11-7-6-9(2,3)4/h4,6-13H2,1-3,5H3;4,6-12H2,1-3,5H3;7H,3,5-6,8-13H2,1-2,4H3;7H,3,5-6,8-12H2,1-2,4H3;4,6-10H2,1-3,5H3;5H,1,6-10H2,2-4H3;1,6-7H2,2-5H3;5H,1,6-7H2,2-4H3/q8*+1. The van der Waals surface area contributed by atoms with E-state index in [0.29, 0.717) is 22.3 Å². The zero-order valence-electron chi connectivity index (χ0n) is 83.2. The molecule has 0 aliphatic rings. The molecular weight excluding hydrogens is 1650 g/mol. The fourth-order valence-corrected chi connectivity index (χ4v) is 20.1. The molecule has 0 aliphatic heterocycles. The molecule has 0 saturated carbocycles. The van der Waals surface area contributed by atoms with Crippen LogP contribution in [0, 0.1) is 0 Å². The predicted octanol–water partition coefficient (Wildman–Crippen LogP) is 21.6. The van der Waals surface area contributed by atoms with Crippen molar-refractivity contribution in [3.8, 4) is 0 Å². The molecule has 0 aromatic heterocycles. The summed E-state index contributed by atoms with van der Waals surface area (Å²) in [5, 5.41) is 0.904. The second-order valence-corrected chi connectivity index (χ2v) is 41.9. The maximum Gasteiger partial charge on any atom is 0.214 e. The minimum Gasteiger partial charge on any atom is -0.330 e. The van der Waals surface area contributed by atoms with Gasteiger partial charge in [-0.15, -0.1) is 0 Å². The van der Waals surface area contributed by atoms with Gasteiger partial charge in [0.05, 0.1) is 258 Å². The van der Waals surface area contributed by atoms with Crippen molar-refractivity contribution in [3.05, 3.63) is 99.2 Å². The van der Waals surface area contributed by atoms with E-state index in [1.165, 1.54) is 270 Å². The van der Waals surface area contributed by atoms with E-state index in [2.05, 4.69) is 220 Å². The third-order valence-corrected chi connectivity index (χ3v) is 29.1. The van der Waals surface area contributed by atoms with Crippen LogP contribution in [0.2, 0.25) is 0 Å². The van der Waals surface area contributed by atoms with E-state index >= 15 is 0 Å². The molecule has 24 heteroatoms. The molecule has 0 radical (unpaired) electrons. The van der Waals surface area contributed by atoms with Gasteiger partial charge in [0, 0.05) is 0 Å². The molecule has 0 amide bonds. The topological polar surface area (TPSA) is 137 Å². The number of thioether (sulfide) groups is 8. The van der Waals surface area contributed by atoms with Gasteiger partial charge in [0.2, 0.25) is 40.9 Å². The van der Waals surface area contributed by atoms with Gasteiger partial charge in [0.1, 0.15) is 0 Å². The maximum absolute atomic E-state index is 11.5. The fraction of sp³-hybridized carbons (Fsp3) is 0.750. The Balaban J connectivity index is -0.000000200. The van der Waals surface area contributed by atoms with E-state index < -0.39 is 0 Å². The Hall–Kier alpha value is -2.24. The SMILES string of the molecule is C=C(C)C(=O)SCC[N+](C)(C)C.C=C(C)C(=O)SCC[N+](CC)(CC)CC.C=C(C)C(=O)SCC[N+](CC)(CCC)CCC.C=C(C)C(=O)SCC[N+](CC)(CCC)CCCC.C=CC(=O)SCC[N+](C)(C)C.C=CC(=O)SCC[N+](CC)(CC)CC.C=CC(=O)SCC[N+](CC)(CCC)CCC.C=CC(=O)SCC[N+](CC)(CCC)CCCC. The lowest BCUT2D eigenvalue weighted by atomic mass is 10.2. The van der Waals surface area contributed by atoms with Gasteiger partial charge in [-0.1, -0.05) is 215 Å². The van der Waals surface area contributed by atoms with Gasteiger partial charge in [-0.25, -0.2) is 0 Å². The van der Waals surface area contributed by atoms with Crippen LogP contribution in [0.4, 0.5) is 0 Å². The van der Waals surface area contributed by atoms with E-state index in [4.69, 9.17) is 0 Å². The number of rotatable bonds is 60. The van der Waals surface area contributed by atoms with Crippen LogP contribution in [0.25, 0.3) is 0 Å². The summed E-state index contributed by atoms with van der Waals surface area (Å²) >= 11 is 11.1. The summed E-state index contributed by atoms with van der Waals surface area (Å²) < 4.78 is 8.66. The highest BCUT2D eigenvalue weighted by molar-refractivity contribution is 8.15. The van der Waals surface area contributed by atoms with Crippen LogP contribution >= 0.6 is 94.1 Å². The van der Waals surface area contributed by atoms with E-state index in [1.807, 2.05) is 0 Å². The van der Waals surface area contributed by atoms with Crippen molar-refractivity contribution < 1.29 is 74.2 Å². The quantitative estimate of drug-likeness (QED) is 0.0421. The third kappa shape index (κ3) is 75.9. The van der Waals surface area contributed by atoms with E-state index in [-0.39, 0.29) is 40.9 Å². The molecule has 0 spiro atoms. The molecule has 0 aromatic rings. The molecule has 2 atom stereocenters. The molecule has 2 unspecified atom stereocenters. The van der Waals surface area contributed by atoms with Crippen molar-refractivity contribution in [3.63, 3.8) is 0 Å². The Morgan fingerprint density at radius 3 is 0.508 bits per heavy atom. The van der Waals surface area contributed by atoms with Crippen molar-refractivity contribution in [2.45, 2.75) is 217 Å². The second kappa shape index (κ2) is 82.4. The number of quaternary nitrogens is 8. The molecule has 16 nitrogen and oxygen atoms in total. The van der Waals surface area contributed by atoms with Crippen LogP contribution in [-0.2, 0) is 38.4 Å². The summed E-state index contributed by atoms with van der Waals surface area (Å²) in [6.07, 6.45) is 18.0. The molecule has 0 heterocycles. The molecule has 0 fully saturated rings. The van der Waals surface area contributed by atoms with Crippen molar-refractivity contribution in [2.75, 3.05) is 258 Å². The molecular formula is C96H192N8O8S8+8. The largest absolute Gasteiger partial charge is 0.330 e. The van der Waals surface area contributed by atoms with Gasteiger partial charge in [-0.2, -0.15) is 0 Å². The molecule has 0 aliphatic carbocycles. The highest BCUT2D eigenvalue weighted by atomic mass is 32.2. The van der Waals surface area contributed by atoms with Crippen molar-refractivity contribution in [1.29, 1.82) is 0 Å². The number of hydrogen-bond acceptors (Lipinski definition) is 16. The molecule has 0 N–H and O–H groups in total. The number of nitrogens with zero attached hydrogens (tertiary/aromatic N) is 8. The highest BCUT2D eigenvalue weighted by Gasteiger charge is 2.29. The number of carbonyl (C=O) groups excluding carboxylic acids is 8. The average Bonchev–Trinajstić information content (AvgIpc) is 0.907. The Kier molecular flexibility index (Phi) is 91.6. The van der Waals surface area contributed by atoms with Crippen molar-refractivity contribution >= 4 is 135 Å². The lowest BCUT2D eigenvalue weighted by Crippen LogP contribution is -2.50. The van der Waals surface area contributed by atoms with Crippen LogP contribution in [-0.4, -0.2) is 335 Å². The van der Waals surface area contributed by atoms with Gasteiger partial charge in [0.25, 0.3) is 0 Å². The first-order valence-corrected chi connectivity index (χ1v) is 53.3. The van der Waals surface area contributed by atoms with Gasteiger partial charge < -0.3 is 35.9 Å². The zero-order valence-corrected chi connectivity index (χ0v) is 89.7. The summed E-state index contributed by atoms with van der Waals surface area (Å²) in [6, 6.07) is 0. The van der Waals surface area contributed by atoms with Gasteiger partial charge in [-0.05, 0) is 195 Å². The second-order valence-electron chi connectivity index (χ2n) is 33.2. The smallest absolute Gasteiger partial charge is 0.214 e. The van der Waals surface area contributed by atoms with Gasteiger partial charge >= 0.3 is 0 Å². The first-order chi connectivity index (χ1) is 56.2. The van der Waals surface area contributed by atoms with Crippen LogP contribution in [0.5, 0.6) is 0 Å². The summed E-state index contributed by atoms with van der Waals surface area (Å²) in [6.45, 7) is 106. The molecule has 0 rings (SSSR count). The van der Waals surface area contributed by atoms with E-state index in [0.717, 1.165) is 165 Å². The van der Waals surface area contributed by atoms with Crippen molar-refractivity contribution in [1.82, 2.24) is 0 Å². The average molecular weight is 1840 g/mol. The molecule has 0 bridgehead atoms. The third-order valence-electron chi connectivity index (χ3n) is 21.8. The first-order valence-electron chi connectivity index (χ1n) is 45.4. The van der Waals surface area contributed by atoms with Crippen LogP contribution in [0.15, 0.2) is 99.2 Å².